The van der Waals surface area contributed by atoms with E-state index < -0.39 is 6.04 Å². The van der Waals surface area contributed by atoms with Crippen LogP contribution in [0.2, 0.25) is 0 Å². The monoisotopic (exact) mass is 257 g/mol. The van der Waals surface area contributed by atoms with Crippen LogP contribution in [0.1, 0.15) is 27.2 Å². The third-order valence-electron chi connectivity index (χ3n) is 2.63. The highest BCUT2D eigenvalue weighted by Gasteiger charge is 2.20. The van der Waals surface area contributed by atoms with Gasteiger partial charge in [-0.15, -0.1) is 0 Å². The Morgan fingerprint density at radius 3 is 2.61 bits per heavy atom. The fourth-order valence-corrected chi connectivity index (χ4v) is 1.75. The molecule has 104 valence electrons. The van der Waals surface area contributed by atoms with Crippen LogP contribution in [0.15, 0.2) is 0 Å². The molecule has 18 heavy (non-hydrogen) atoms. The van der Waals surface area contributed by atoms with Crippen LogP contribution in [0.4, 0.5) is 0 Å². The van der Waals surface area contributed by atoms with Crippen LogP contribution in [-0.4, -0.2) is 49.7 Å². The lowest BCUT2D eigenvalue weighted by Crippen LogP contribution is -2.49. The van der Waals surface area contributed by atoms with Crippen LogP contribution < -0.4 is 16.0 Å². The summed E-state index contributed by atoms with van der Waals surface area (Å²) in [5, 5.41) is 8.64. The molecule has 2 unspecified atom stereocenters. The van der Waals surface area contributed by atoms with Crippen LogP contribution in [-0.2, 0) is 14.3 Å². The first kappa shape index (κ1) is 14.9. The minimum Gasteiger partial charge on any atom is -0.378 e. The molecule has 6 heteroatoms. The van der Waals surface area contributed by atoms with Crippen LogP contribution >= 0.6 is 0 Å². The number of carbonyl (C=O) groups excluding carboxylic acids is 2. The fraction of sp³-hybridized carbons (Fsp3) is 0.833. The Morgan fingerprint density at radius 2 is 2.06 bits per heavy atom. The SMILES string of the molecule is CC(C)NC(=O)C(C)NC(=O)CC1COCCN1. The Bertz CT molecular complexity index is 288. The van der Waals surface area contributed by atoms with Crippen molar-refractivity contribution >= 4 is 11.8 Å². The highest BCUT2D eigenvalue weighted by Crippen LogP contribution is 1.99. The molecule has 1 aliphatic rings. The number of amides is 2. The summed E-state index contributed by atoms with van der Waals surface area (Å²) in [4.78, 5) is 23.3. The average molecular weight is 257 g/mol. The van der Waals surface area contributed by atoms with Crippen LogP contribution in [0.25, 0.3) is 0 Å². The fourth-order valence-electron chi connectivity index (χ4n) is 1.75. The molecule has 0 bridgehead atoms. The molecule has 1 aliphatic heterocycles. The maximum Gasteiger partial charge on any atom is 0.242 e. The molecule has 0 saturated carbocycles. The van der Waals surface area contributed by atoms with Gasteiger partial charge in [0.15, 0.2) is 0 Å². The van der Waals surface area contributed by atoms with Crippen molar-refractivity contribution in [3.8, 4) is 0 Å². The molecule has 3 N–H and O–H groups in total. The second-order valence-corrected chi connectivity index (χ2v) is 4.88. The molecule has 1 fully saturated rings. The number of hydrogen-bond donors (Lipinski definition) is 3. The number of morpholine rings is 1. The molecule has 6 nitrogen and oxygen atoms in total. The van der Waals surface area contributed by atoms with E-state index >= 15 is 0 Å². The van der Waals surface area contributed by atoms with Gasteiger partial charge in [0.05, 0.1) is 13.2 Å². The highest BCUT2D eigenvalue weighted by molar-refractivity contribution is 5.87. The summed E-state index contributed by atoms with van der Waals surface area (Å²) in [6, 6.07) is -0.395. The van der Waals surface area contributed by atoms with Crippen molar-refractivity contribution < 1.29 is 14.3 Å². The minimum absolute atomic E-state index is 0.0408. The highest BCUT2D eigenvalue weighted by atomic mass is 16.5. The van der Waals surface area contributed by atoms with Gasteiger partial charge in [0.25, 0.3) is 0 Å². The van der Waals surface area contributed by atoms with E-state index in [-0.39, 0.29) is 23.9 Å². The molecular formula is C12H23N3O3. The molecule has 2 atom stereocenters. The van der Waals surface area contributed by atoms with Crippen LogP contribution in [0.3, 0.4) is 0 Å². The second-order valence-electron chi connectivity index (χ2n) is 4.88. The van der Waals surface area contributed by atoms with Crippen molar-refractivity contribution in [2.24, 2.45) is 0 Å². The molecule has 1 rings (SSSR count). The quantitative estimate of drug-likeness (QED) is 0.614. The second kappa shape index (κ2) is 7.33. The molecule has 0 aliphatic carbocycles. The van der Waals surface area contributed by atoms with Crippen molar-refractivity contribution in [3.05, 3.63) is 0 Å². The third kappa shape index (κ3) is 5.46. The molecular weight excluding hydrogens is 234 g/mol. The molecule has 1 saturated heterocycles. The van der Waals surface area contributed by atoms with Gasteiger partial charge in [-0.05, 0) is 20.8 Å². The maximum absolute atomic E-state index is 11.7. The van der Waals surface area contributed by atoms with E-state index in [1.54, 1.807) is 6.92 Å². The van der Waals surface area contributed by atoms with Gasteiger partial charge in [-0.2, -0.15) is 0 Å². The summed E-state index contributed by atoms with van der Waals surface area (Å²) >= 11 is 0. The van der Waals surface area contributed by atoms with E-state index in [2.05, 4.69) is 16.0 Å². The van der Waals surface area contributed by atoms with E-state index in [4.69, 9.17) is 4.74 Å². The molecule has 1 heterocycles. The van der Waals surface area contributed by atoms with Gasteiger partial charge < -0.3 is 20.7 Å². The predicted octanol–water partition coefficient (Wildman–Crippen LogP) is -0.606. The molecule has 2 amide bonds. The Kier molecular flexibility index (Phi) is 6.07. The number of carbonyl (C=O) groups is 2. The van der Waals surface area contributed by atoms with Gasteiger partial charge in [0.1, 0.15) is 6.04 Å². The lowest BCUT2D eigenvalue weighted by molar-refractivity contribution is -0.129. The van der Waals surface area contributed by atoms with Gasteiger partial charge in [0.2, 0.25) is 11.8 Å². The zero-order valence-corrected chi connectivity index (χ0v) is 11.3. The van der Waals surface area contributed by atoms with Crippen molar-refractivity contribution in [2.75, 3.05) is 19.8 Å². The largest absolute Gasteiger partial charge is 0.378 e. The average Bonchev–Trinajstić information content (AvgIpc) is 2.29. The summed E-state index contributed by atoms with van der Waals surface area (Å²) in [7, 11) is 0. The van der Waals surface area contributed by atoms with Gasteiger partial charge in [-0.1, -0.05) is 0 Å². The molecule has 0 aromatic carbocycles. The summed E-state index contributed by atoms with van der Waals surface area (Å²) < 4.78 is 5.27. The molecule has 0 aromatic heterocycles. The van der Waals surface area contributed by atoms with Crippen molar-refractivity contribution in [1.29, 1.82) is 0 Å². The zero-order valence-electron chi connectivity index (χ0n) is 11.3. The third-order valence-corrected chi connectivity index (χ3v) is 2.63. The Labute approximate surface area is 108 Å². The summed E-state index contributed by atoms with van der Waals surface area (Å²) in [5.74, 6) is -0.296. The van der Waals surface area contributed by atoms with Gasteiger partial charge in [-0.3, -0.25) is 9.59 Å². The summed E-state index contributed by atoms with van der Waals surface area (Å²) in [5.41, 5.74) is 0. The lowest BCUT2D eigenvalue weighted by atomic mass is 10.2. The Hall–Kier alpha value is -1.14. The number of rotatable bonds is 5. The Balaban J connectivity index is 2.27. The van der Waals surface area contributed by atoms with E-state index in [9.17, 15) is 9.59 Å². The minimum atomic E-state index is -0.510. The number of nitrogens with one attached hydrogen (secondary N) is 3. The van der Waals surface area contributed by atoms with Gasteiger partial charge in [0, 0.05) is 25.0 Å². The van der Waals surface area contributed by atoms with Crippen LogP contribution in [0.5, 0.6) is 0 Å². The lowest BCUT2D eigenvalue weighted by Gasteiger charge is -2.24. The van der Waals surface area contributed by atoms with Crippen LogP contribution in [0, 0.1) is 0 Å². The van der Waals surface area contributed by atoms with Crippen molar-refractivity contribution in [1.82, 2.24) is 16.0 Å². The molecule has 0 spiro atoms. The predicted molar refractivity (Wildman–Crippen MR) is 68.1 cm³/mol. The summed E-state index contributed by atoms with van der Waals surface area (Å²) in [6.45, 7) is 7.44. The van der Waals surface area contributed by atoms with E-state index in [0.717, 1.165) is 6.54 Å². The zero-order chi connectivity index (χ0) is 13.5. The molecule has 0 aromatic rings. The summed E-state index contributed by atoms with van der Waals surface area (Å²) in [6.07, 6.45) is 0.333. The standard InChI is InChI=1S/C12H23N3O3/c1-8(2)14-12(17)9(3)15-11(16)6-10-7-18-5-4-13-10/h8-10,13H,4-7H2,1-3H3,(H,14,17)(H,15,16). The van der Waals surface area contributed by atoms with E-state index in [1.807, 2.05) is 13.8 Å². The molecule has 0 radical (unpaired) electrons. The van der Waals surface area contributed by atoms with E-state index in [0.29, 0.717) is 19.6 Å². The van der Waals surface area contributed by atoms with Crippen molar-refractivity contribution in [3.63, 3.8) is 0 Å². The van der Waals surface area contributed by atoms with E-state index in [1.165, 1.54) is 0 Å². The normalized spacial score (nSPS) is 21.4. The smallest absolute Gasteiger partial charge is 0.242 e. The maximum atomic E-state index is 11.7. The van der Waals surface area contributed by atoms with Crippen molar-refractivity contribution in [2.45, 2.75) is 45.3 Å². The first-order chi connectivity index (χ1) is 8.49. The number of hydrogen-bond acceptors (Lipinski definition) is 4. The topological polar surface area (TPSA) is 79.5 Å². The first-order valence-electron chi connectivity index (χ1n) is 6.40. The van der Waals surface area contributed by atoms with Gasteiger partial charge in [-0.25, -0.2) is 0 Å². The Morgan fingerprint density at radius 1 is 1.33 bits per heavy atom. The van der Waals surface area contributed by atoms with Gasteiger partial charge >= 0.3 is 0 Å². The first-order valence-corrected chi connectivity index (χ1v) is 6.40. The number of ether oxygens (including phenoxy) is 1.